The molecule has 0 saturated carbocycles. The minimum atomic E-state index is -1.06. The highest BCUT2D eigenvalue weighted by Crippen LogP contribution is 2.19. The van der Waals surface area contributed by atoms with Crippen molar-refractivity contribution >= 4 is 5.97 Å². The summed E-state index contributed by atoms with van der Waals surface area (Å²) in [6, 6.07) is 7.73. The maximum absolute atomic E-state index is 10.9. The highest BCUT2D eigenvalue weighted by Gasteiger charge is 2.17. The van der Waals surface area contributed by atoms with Gasteiger partial charge in [0, 0.05) is 0 Å². The molecule has 1 aromatic carbocycles. The molecule has 1 aliphatic rings. The monoisotopic (exact) mass is 260 g/mol. The van der Waals surface area contributed by atoms with Crippen molar-refractivity contribution in [3.8, 4) is 5.75 Å². The summed E-state index contributed by atoms with van der Waals surface area (Å²) in [6.45, 7) is 4.56. The van der Waals surface area contributed by atoms with E-state index in [2.05, 4.69) is 0 Å². The Hall–Kier alpha value is -2.23. The number of rotatable bonds is 4. The number of benzene rings is 1. The number of hydrogen-bond donors (Lipinski definition) is 1. The molecule has 0 aromatic heterocycles. The van der Waals surface area contributed by atoms with Crippen molar-refractivity contribution in [2.45, 2.75) is 13.8 Å². The zero-order chi connectivity index (χ0) is 13.8. The molecule has 0 bridgehead atoms. The highest BCUT2D eigenvalue weighted by molar-refractivity contribution is 5.85. The Labute approximate surface area is 112 Å². The van der Waals surface area contributed by atoms with Crippen LogP contribution < -0.4 is 4.74 Å². The standard InChI is InChI=1S/C15H16O4/c1-10-3-5-13(6-4-10)18-9-12-7-14(15(16)17)19-8-11(12)2/h3-7H,8-9H2,1-2H3,(H,16,17). The van der Waals surface area contributed by atoms with Crippen molar-refractivity contribution in [2.24, 2.45) is 0 Å². The van der Waals surface area contributed by atoms with E-state index in [1.807, 2.05) is 38.1 Å². The molecule has 0 saturated heterocycles. The van der Waals surface area contributed by atoms with Gasteiger partial charge in [0.15, 0.2) is 0 Å². The first-order valence-electron chi connectivity index (χ1n) is 6.02. The first-order valence-corrected chi connectivity index (χ1v) is 6.02. The summed E-state index contributed by atoms with van der Waals surface area (Å²) in [7, 11) is 0. The molecule has 0 atom stereocenters. The van der Waals surface area contributed by atoms with Crippen LogP contribution in [0.3, 0.4) is 0 Å². The molecule has 0 unspecified atom stereocenters. The molecular weight excluding hydrogens is 244 g/mol. The number of carboxylic acid groups (broad SMARTS) is 1. The maximum atomic E-state index is 10.9. The van der Waals surface area contributed by atoms with Crippen molar-refractivity contribution in [2.75, 3.05) is 13.2 Å². The Morgan fingerprint density at radius 1 is 1.32 bits per heavy atom. The quantitative estimate of drug-likeness (QED) is 0.904. The third-order valence-corrected chi connectivity index (χ3v) is 2.92. The van der Waals surface area contributed by atoms with E-state index >= 15 is 0 Å². The second-order valence-electron chi connectivity index (χ2n) is 4.51. The van der Waals surface area contributed by atoms with Crippen LogP contribution >= 0.6 is 0 Å². The first-order chi connectivity index (χ1) is 9.06. The van der Waals surface area contributed by atoms with E-state index in [1.54, 1.807) is 0 Å². The predicted molar refractivity (Wildman–Crippen MR) is 71.0 cm³/mol. The Morgan fingerprint density at radius 2 is 2.00 bits per heavy atom. The van der Waals surface area contributed by atoms with Crippen LogP contribution in [-0.2, 0) is 9.53 Å². The van der Waals surface area contributed by atoms with Gasteiger partial charge in [0.25, 0.3) is 0 Å². The summed E-state index contributed by atoms with van der Waals surface area (Å²) in [6.07, 6.45) is 1.52. The Kier molecular flexibility index (Phi) is 3.90. The lowest BCUT2D eigenvalue weighted by Crippen LogP contribution is -2.15. The fraction of sp³-hybridized carbons (Fsp3) is 0.267. The molecule has 4 heteroatoms. The second-order valence-corrected chi connectivity index (χ2v) is 4.51. The number of carboxylic acids is 1. The van der Waals surface area contributed by atoms with Crippen molar-refractivity contribution in [1.29, 1.82) is 0 Å². The Morgan fingerprint density at radius 3 is 2.63 bits per heavy atom. The smallest absolute Gasteiger partial charge is 0.371 e. The summed E-state index contributed by atoms with van der Waals surface area (Å²) >= 11 is 0. The van der Waals surface area contributed by atoms with Crippen LogP contribution in [0.4, 0.5) is 0 Å². The molecule has 1 heterocycles. The third-order valence-electron chi connectivity index (χ3n) is 2.92. The molecule has 0 radical (unpaired) electrons. The van der Waals surface area contributed by atoms with Crippen LogP contribution in [-0.4, -0.2) is 24.3 Å². The molecule has 1 N–H and O–H groups in total. The van der Waals surface area contributed by atoms with Crippen LogP contribution in [0.25, 0.3) is 0 Å². The highest BCUT2D eigenvalue weighted by atomic mass is 16.5. The zero-order valence-electron chi connectivity index (χ0n) is 11.0. The van der Waals surface area contributed by atoms with Crippen molar-refractivity contribution in [3.05, 3.63) is 52.8 Å². The van der Waals surface area contributed by atoms with E-state index in [-0.39, 0.29) is 5.76 Å². The van der Waals surface area contributed by atoms with Gasteiger partial charge >= 0.3 is 5.97 Å². The van der Waals surface area contributed by atoms with E-state index in [0.29, 0.717) is 13.2 Å². The molecular formula is C15H16O4. The zero-order valence-corrected chi connectivity index (χ0v) is 11.0. The SMILES string of the molecule is CC1=C(COc2ccc(C)cc2)C=C(C(=O)O)OC1. The normalized spacial score (nSPS) is 14.7. The van der Waals surface area contributed by atoms with Crippen molar-refractivity contribution in [3.63, 3.8) is 0 Å². The molecule has 1 aliphatic heterocycles. The van der Waals surface area contributed by atoms with Gasteiger partial charge in [-0.15, -0.1) is 0 Å². The van der Waals surface area contributed by atoms with Gasteiger partial charge in [-0.3, -0.25) is 0 Å². The van der Waals surface area contributed by atoms with Crippen LogP contribution in [0.1, 0.15) is 12.5 Å². The summed E-state index contributed by atoms with van der Waals surface area (Å²) in [5.41, 5.74) is 3.00. The number of hydrogen-bond acceptors (Lipinski definition) is 3. The second kappa shape index (κ2) is 5.61. The summed E-state index contributed by atoms with van der Waals surface area (Å²) in [5, 5.41) is 8.90. The number of ether oxygens (including phenoxy) is 2. The van der Waals surface area contributed by atoms with E-state index in [4.69, 9.17) is 14.6 Å². The first kappa shape index (κ1) is 13.2. The van der Waals surface area contributed by atoms with Crippen LogP contribution in [0.2, 0.25) is 0 Å². The maximum Gasteiger partial charge on any atom is 0.371 e. The Bertz CT molecular complexity index is 538. The molecule has 1 aromatic rings. The van der Waals surface area contributed by atoms with Gasteiger partial charge in [0.05, 0.1) is 0 Å². The largest absolute Gasteiger partial charge is 0.489 e. The van der Waals surface area contributed by atoms with Crippen LogP contribution in [0.15, 0.2) is 47.2 Å². The lowest BCUT2D eigenvalue weighted by atomic mass is 10.1. The number of aliphatic carboxylic acids is 1. The van der Waals surface area contributed by atoms with Crippen molar-refractivity contribution < 1.29 is 19.4 Å². The van der Waals surface area contributed by atoms with E-state index < -0.39 is 5.97 Å². The lowest BCUT2D eigenvalue weighted by Gasteiger charge is -2.17. The molecule has 19 heavy (non-hydrogen) atoms. The molecule has 4 nitrogen and oxygen atoms in total. The predicted octanol–water partition coefficient (Wildman–Crippen LogP) is 2.69. The molecule has 0 amide bonds. The topological polar surface area (TPSA) is 55.8 Å². The number of carbonyl (C=O) groups is 1. The van der Waals surface area contributed by atoms with Gasteiger partial charge in [0.1, 0.15) is 19.0 Å². The lowest BCUT2D eigenvalue weighted by molar-refractivity contribution is -0.136. The van der Waals surface area contributed by atoms with Crippen LogP contribution in [0, 0.1) is 6.92 Å². The fourth-order valence-electron chi connectivity index (χ4n) is 1.69. The minimum absolute atomic E-state index is 0.0342. The molecule has 100 valence electrons. The molecule has 2 rings (SSSR count). The minimum Gasteiger partial charge on any atom is -0.489 e. The van der Waals surface area contributed by atoms with Crippen LogP contribution in [0.5, 0.6) is 5.75 Å². The van der Waals surface area contributed by atoms with Gasteiger partial charge in [-0.25, -0.2) is 4.79 Å². The Balaban J connectivity index is 2.05. The van der Waals surface area contributed by atoms with Crippen molar-refractivity contribution in [1.82, 2.24) is 0 Å². The fourth-order valence-corrected chi connectivity index (χ4v) is 1.69. The van der Waals surface area contributed by atoms with E-state index in [0.717, 1.165) is 16.9 Å². The van der Waals surface area contributed by atoms with Gasteiger partial charge < -0.3 is 14.6 Å². The summed E-state index contributed by atoms with van der Waals surface area (Å²) in [5.74, 6) is -0.323. The van der Waals surface area contributed by atoms with Gasteiger partial charge in [-0.2, -0.15) is 0 Å². The molecule has 0 spiro atoms. The third kappa shape index (κ3) is 3.37. The average molecular weight is 260 g/mol. The van der Waals surface area contributed by atoms with Gasteiger partial charge in [0.2, 0.25) is 5.76 Å². The molecule has 0 aliphatic carbocycles. The average Bonchev–Trinajstić information content (AvgIpc) is 2.39. The molecule has 0 fully saturated rings. The van der Waals surface area contributed by atoms with E-state index in [1.165, 1.54) is 11.6 Å². The summed E-state index contributed by atoms with van der Waals surface area (Å²) in [4.78, 5) is 10.9. The summed E-state index contributed by atoms with van der Waals surface area (Å²) < 4.78 is 10.7. The van der Waals surface area contributed by atoms with Gasteiger partial charge in [-0.1, -0.05) is 17.7 Å². The van der Waals surface area contributed by atoms with E-state index in [9.17, 15) is 4.79 Å². The number of aryl methyl sites for hydroxylation is 1. The van der Waals surface area contributed by atoms with Gasteiger partial charge in [-0.05, 0) is 43.2 Å².